The predicted molar refractivity (Wildman–Crippen MR) is 104 cm³/mol. The van der Waals surface area contributed by atoms with Gasteiger partial charge >= 0.3 is 5.97 Å². The number of likely N-dealkylation sites (N-methyl/N-ethyl adjacent to an activating group) is 1. The van der Waals surface area contributed by atoms with Crippen molar-refractivity contribution in [3.8, 4) is 0 Å². The van der Waals surface area contributed by atoms with Gasteiger partial charge in [-0.1, -0.05) is 30.3 Å². The Bertz CT molecular complexity index is 778. The first kappa shape index (κ1) is 20.5. The van der Waals surface area contributed by atoms with Gasteiger partial charge in [0.15, 0.2) is 6.61 Å². The molecule has 0 saturated carbocycles. The highest BCUT2D eigenvalue weighted by molar-refractivity contribution is 7.98. The molecule has 1 N–H and O–H groups in total. The summed E-state index contributed by atoms with van der Waals surface area (Å²) in [7, 11) is 1.65. The Labute approximate surface area is 162 Å². The van der Waals surface area contributed by atoms with Gasteiger partial charge in [0.1, 0.15) is 6.54 Å². The number of rotatable bonds is 8. The van der Waals surface area contributed by atoms with E-state index in [1.807, 2.05) is 30.5 Å². The van der Waals surface area contributed by atoms with Crippen LogP contribution in [0.1, 0.15) is 15.9 Å². The standard InChI is InChI=1S/C20H22N2O4S/c1-22(13-15-8-10-17(27-2)11-9-15)18(23)14-26-19(24)12-21-20(25)16-6-4-3-5-7-16/h3-11H,12-14H2,1-2H3,(H,21,25). The van der Waals surface area contributed by atoms with E-state index >= 15 is 0 Å². The molecule has 0 spiro atoms. The van der Waals surface area contributed by atoms with Crippen molar-refractivity contribution >= 4 is 29.5 Å². The van der Waals surface area contributed by atoms with Crippen molar-refractivity contribution in [3.63, 3.8) is 0 Å². The number of benzene rings is 2. The molecule has 0 fully saturated rings. The molecule has 27 heavy (non-hydrogen) atoms. The van der Waals surface area contributed by atoms with Crippen LogP contribution in [0.2, 0.25) is 0 Å². The van der Waals surface area contributed by atoms with E-state index in [0.29, 0.717) is 12.1 Å². The van der Waals surface area contributed by atoms with Gasteiger partial charge in [-0.05, 0) is 36.1 Å². The van der Waals surface area contributed by atoms with Crippen molar-refractivity contribution in [3.05, 3.63) is 65.7 Å². The highest BCUT2D eigenvalue weighted by Crippen LogP contribution is 2.15. The number of amides is 2. The maximum Gasteiger partial charge on any atom is 0.325 e. The number of hydrogen-bond acceptors (Lipinski definition) is 5. The highest BCUT2D eigenvalue weighted by Gasteiger charge is 2.13. The van der Waals surface area contributed by atoms with Gasteiger partial charge in [0, 0.05) is 24.1 Å². The van der Waals surface area contributed by atoms with E-state index in [1.54, 1.807) is 49.1 Å². The topological polar surface area (TPSA) is 75.7 Å². The highest BCUT2D eigenvalue weighted by atomic mass is 32.2. The Kier molecular flexibility index (Phi) is 7.88. The van der Waals surface area contributed by atoms with Crippen molar-refractivity contribution in [2.75, 3.05) is 26.5 Å². The molecule has 142 valence electrons. The summed E-state index contributed by atoms with van der Waals surface area (Å²) in [6, 6.07) is 16.5. The van der Waals surface area contributed by atoms with Crippen LogP contribution in [0.3, 0.4) is 0 Å². The first-order valence-corrected chi connectivity index (χ1v) is 9.58. The lowest BCUT2D eigenvalue weighted by Gasteiger charge is -2.17. The first-order valence-electron chi connectivity index (χ1n) is 8.35. The average Bonchev–Trinajstić information content (AvgIpc) is 2.71. The second-order valence-corrected chi connectivity index (χ2v) is 6.69. The fourth-order valence-electron chi connectivity index (χ4n) is 2.24. The molecule has 0 aliphatic heterocycles. The molecule has 0 saturated heterocycles. The van der Waals surface area contributed by atoms with Crippen LogP contribution in [0, 0.1) is 0 Å². The molecule has 2 aromatic rings. The Balaban J connectivity index is 1.71. The van der Waals surface area contributed by atoms with Crippen molar-refractivity contribution < 1.29 is 19.1 Å². The smallest absolute Gasteiger partial charge is 0.325 e. The van der Waals surface area contributed by atoms with Crippen LogP contribution in [0.15, 0.2) is 59.5 Å². The quantitative estimate of drug-likeness (QED) is 0.557. The molecule has 7 heteroatoms. The second kappa shape index (κ2) is 10.4. The fraction of sp³-hybridized carbons (Fsp3) is 0.250. The number of carbonyl (C=O) groups excluding carboxylic acids is 3. The van der Waals surface area contributed by atoms with E-state index in [4.69, 9.17) is 4.74 Å². The molecule has 2 amide bonds. The largest absolute Gasteiger partial charge is 0.454 e. The van der Waals surface area contributed by atoms with E-state index in [2.05, 4.69) is 5.32 Å². The summed E-state index contributed by atoms with van der Waals surface area (Å²) in [6.45, 7) is -0.226. The number of nitrogens with one attached hydrogen (secondary N) is 1. The molecule has 2 rings (SSSR count). The molecule has 0 bridgehead atoms. The van der Waals surface area contributed by atoms with Gasteiger partial charge in [0.25, 0.3) is 11.8 Å². The summed E-state index contributed by atoms with van der Waals surface area (Å²) in [5, 5.41) is 2.46. The lowest BCUT2D eigenvalue weighted by molar-refractivity contribution is -0.150. The molecule has 0 unspecified atom stereocenters. The number of carbonyl (C=O) groups is 3. The zero-order valence-electron chi connectivity index (χ0n) is 15.3. The van der Waals surface area contributed by atoms with E-state index < -0.39 is 5.97 Å². The Morgan fingerprint density at radius 2 is 1.70 bits per heavy atom. The average molecular weight is 386 g/mol. The fourth-order valence-corrected chi connectivity index (χ4v) is 2.65. The summed E-state index contributed by atoms with van der Waals surface area (Å²) >= 11 is 1.65. The van der Waals surface area contributed by atoms with Crippen LogP contribution in [0.25, 0.3) is 0 Å². The number of ether oxygens (including phenoxy) is 1. The SMILES string of the molecule is CSc1ccc(CN(C)C(=O)COC(=O)CNC(=O)c2ccccc2)cc1. The van der Waals surface area contributed by atoms with Gasteiger partial charge in [0.05, 0.1) is 0 Å². The molecule has 2 aromatic carbocycles. The van der Waals surface area contributed by atoms with E-state index in [9.17, 15) is 14.4 Å². The molecular formula is C20H22N2O4S. The Morgan fingerprint density at radius 1 is 1.04 bits per heavy atom. The number of esters is 1. The Morgan fingerprint density at radius 3 is 2.33 bits per heavy atom. The van der Waals surface area contributed by atoms with E-state index in [1.165, 1.54) is 4.90 Å². The Hall–Kier alpha value is -2.80. The van der Waals surface area contributed by atoms with Crippen LogP contribution in [0.5, 0.6) is 0 Å². The summed E-state index contributed by atoms with van der Waals surface area (Å²) in [6.07, 6.45) is 2.00. The van der Waals surface area contributed by atoms with Crippen molar-refractivity contribution in [1.82, 2.24) is 10.2 Å². The third-order valence-electron chi connectivity index (χ3n) is 3.79. The van der Waals surface area contributed by atoms with Crippen LogP contribution < -0.4 is 5.32 Å². The molecule has 0 aromatic heterocycles. The first-order chi connectivity index (χ1) is 13.0. The summed E-state index contributed by atoms with van der Waals surface area (Å²) in [5.74, 6) is -1.35. The monoisotopic (exact) mass is 386 g/mol. The van der Waals surface area contributed by atoms with Crippen LogP contribution >= 0.6 is 11.8 Å². The van der Waals surface area contributed by atoms with Crippen molar-refractivity contribution in [2.24, 2.45) is 0 Å². The van der Waals surface area contributed by atoms with Gasteiger partial charge in [-0.15, -0.1) is 11.8 Å². The zero-order chi connectivity index (χ0) is 19.6. The van der Waals surface area contributed by atoms with Crippen molar-refractivity contribution in [1.29, 1.82) is 0 Å². The van der Waals surface area contributed by atoms with E-state index in [-0.39, 0.29) is 25.0 Å². The third kappa shape index (κ3) is 6.79. The minimum absolute atomic E-state index is 0.291. The van der Waals surface area contributed by atoms with Gasteiger partial charge in [0.2, 0.25) is 0 Å². The summed E-state index contributed by atoms with van der Waals surface area (Å²) in [5.41, 5.74) is 1.44. The van der Waals surface area contributed by atoms with Crippen LogP contribution in [-0.4, -0.2) is 49.1 Å². The van der Waals surface area contributed by atoms with Crippen LogP contribution in [-0.2, 0) is 20.9 Å². The summed E-state index contributed by atoms with van der Waals surface area (Å²) < 4.78 is 4.94. The third-order valence-corrected chi connectivity index (χ3v) is 4.53. The second-order valence-electron chi connectivity index (χ2n) is 5.81. The zero-order valence-corrected chi connectivity index (χ0v) is 16.1. The van der Waals surface area contributed by atoms with Crippen molar-refractivity contribution in [2.45, 2.75) is 11.4 Å². The maximum atomic E-state index is 12.1. The van der Waals surface area contributed by atoms with Crippen LogP contribution in [0.4, 0.5) is 0 Å². The molecular weight excluding hydrogens is 364 g/mol. The van der Waals surface area contributed by atoms with Gasteiger partial charge in [-0.25, -0.2) is 0 Å². The molecule has 0 radical (unpaired) electrons. The molecule has 0 atom stereocenters. The molecule has 0 aliphatic carbocycles. The lowest BCUT2D eigenvalue weighted by Crippen LogP contribution is -2.34. The molecule has 6 nitrogen and oxygen atoms in total. The van der Waals surface area contributed by atoms with Gasteiger partial charge in [-0.2, -0.15) is 0 Å². The summed E-state index contributed by atoms with van der Waals surface area (Å²) in [4.78, 5) is 38.3. The minimum atomic E-state index is -0.662. The predicted octanol–water partition coefficient (Wildman–Crippen LogP) is 2.34. The number of thioether (sulfide) groups is 1. The van der Waals surface area contributed by atoms with E-state index in [0.717, 1.165) is 10.5 Å². The lowest BCUT2D eigenvalue weighted by atomic mass is 10.2. The van der Waals surface area contributed by atoms with Gasteiger partial charge in [-0.3, -0.25) is 14.4 Å². The normalized spacial score (nSPS) is 10.1. The molecule has 0 aliphatic rings. The minimum Gasteiger partial charge on any atom is -0.454 e. The maximum absolute atomic E-state index is 12.1. The number of hydrogen-bond donors (Lipinski definition) is 1. The number of nitrogens with zero attached hydrogens (tertiary/aromatic N) is 1. The van der Waals surface area contributed by atoms with Gasteiger partial charge < -0.3 is 15.0 Å². The molecule has 0 heterocycles.